The molecule has 2 aromatic carbocycles. The van der Waals surface area contributed by atoms with E-state index in [0.717, 1.165) is 17.5 Å². The van der Waals surface area contributed by atoms with E-state index in [1.165, 1.54) is 12.1 Å². The Bertz CT molecular complexity index is 1050. The molecule has 0 fully saturated rings. The number of aromatic nitrogens is 1. The van der Waals surface area contributed by atoms with Crippen LogP contribution in [0.2, 0.25) is 0 Å². The van der Waals surface area contributed by atoms with E-state index in [1.807, 2.05) is 25.3 Å². The van der Waals surface area contributed by atoms with Crippen molar-refractivity contribution in [2.75, 3.05) is 0 Å². The van der Waals surface area contributed by atoms with Crippen molar-refractivity contribution in [1.29, 1.82) is 0 Å². The van der Waals surface area contributed by atoms with Crippen molar-refractivity contribution in [3.63, 3.8) is 0 Å². The summed E-state index contributed by atoms with van der Waals surface area (Å²) in [5, 5.41) is 10.1. The number of nitrogens with zero attached hydrogens (tertiary/aromatic N) is 1. The molecule has 0 atom stereocenters. The van der Waals surface area contributed by atoms with E-state index >= 15 is 0 Å². The zero-order chi connectivity index (χ0) is 20.4. The molecule has 3 rings (SSSR count). The van der Waals surface area contributed by atoms with E-state index in [1.54, 1.807) is 30.3 Å². The number of benzene rings is 2. The number of carbonyl (C=O) groups excluding carboxylic acids is 1. The minimum Gasteiger partial charge on any atom is -0.478 e. The maximum Gasteiger partial charge on any atom is 0.335 e. The third-order valence-corrected chi connectivity index (χ3v) is 4.96. The quantitative estimate of drug-likeness (QED) is 0.564. The van der Waals surface area contributed by atoms with Crippen LogP contribution in [-0.4, -0.2) is 21.4 Å². The lowest BCUT2D eigenvalue weighted by atomic mass is 9.96. The number of carboxylic acid groups (broad SMARTS) is 1. The number of hydrogen-bond acceptors (Lipinski definition) is 2. The zero-order valence-electron chi connectivity index (χ0n) is 16.3. The minimum absolute atomic E-state index is 0.0174. The van der Waals surface area contributed by atoms with Crippen molar-refractivity contribution >= 4 is 22.7 Å². The van der Waals surface area contributed by atoms with Crippen LogP contribution < -0.4 is 0 Å². The number of ketones is 1. The van der Waals surface area contributed by atoms with Crippen LogP contribution in [0.1, 0.15) is 59.2 Å². The van der Waals surface area contributed by atoms with Gasteiger partial charge >= 0.3 is 5.97 Å². The van der Waals surface area contributed by atoms with Crippen LogP contribution >= 0.6 is 0 Å². The van der Waals surface area contributed by atoms with Crippen molar-refractivity contribution in [2.45, 2.75) is 40.2 Å². The van der Waals surface area contributed by atoms with Gasteiger partial charge in [-0.25, -0.2) is 9.18 Å². The molecule has 3 aromatic rings. The molecule has 0 aliphatic carbocycles. The van der Waals surface area contributed by atoms with Crippen molar-refractivity contribution in [3.05, 3.63) is 70.7 Å². The SMILES string of the molecule is CCCc1c(C(=O)C(C)C)c2ccc(C(=O)O)cc2n1Cc1ccccc1F. The first-order chi connectivity index (χ1) is 13.3. The van der Waals surface area contributed by atoms with Crippen LogP contribution in [0.25, 0.3) is 10.9 Å². The highest BCUT2D eigenvalue weighted by atomic mass is 19.1. The van der Waals surface area contributed by atoms with Crippen LogP contribution in [-0.2, 0) is 13.0 Å². The third-order valence-electron chi connectivity index (χ3n) is 4.96. The van der Waals surface area contributed by atoms with Gasteiger partial charge in [-0.05, 0) is 24.6 Å². The summed E-state index contributed by atoms with van der Waals surface area (Å²) in [7, 11) is 0. The van der Waals surface area contributed by atoms with Crippen molar-refractivity contribution in [1.82, 2.24) is 4.57 Å². The van der Waals surface area contributed by atoms with E-state index in [4.69, 9.17) is 0 Å². The van der Waals surface area contributed by atoms with Crippen LogP contribution in [0.3, 0.4) is 0 Å². The van der Waals surface area contributed by atoms with Gasteiger partial charge in [-0.3, -0.25) is 4.79 Å². The summed E-state index contributed by atoms with van der Waals surface area (Å²) in [4.78, 5) is 24.5. The molecule has 28 heavy (non-hydrogen) atoms. The summed E-state index contributed by atoms with van der Waals surface area (Å²) >= 11 is 0. The molecular formula is C23H24FNO3. The van der Waals surface area contributed by atoms with Crippen molar-refractivity contribution < 1.29 is 19.1 Å². The molecule has 1 heterocycles. The van der Waals surface area contributed by atoms with Crippen LogP contribution in [0.5, 0.6) is 0 Å². The highest BCUT2D eigenvalue weighted by molar-refractivity contribution is 6.11. The monoisotopic (exact) mass is 381 g/mol. The molecule has 0 amide bonds. The number of halogens is 1. The molecule has 0 unspecified atom stereocenters. The number of rotatable bonds is 7. The van der Waals surface area contributed by atoms with E-state index in [-0.39, 0.29) is 29.6 Å². The summed E-state index contributed by atoms with van der Waals surface area (Å²) < 4.78 is 16.2. The Morgan fingerprint density at radius 3 is 2.46 bits per heavy atom. The fraction of sp³-hybridized carbons (Fsp3) is 0.304. The van der Waals surface area contributed by atoms with Gasteiger partial charge in [0.2, 0.25) is 0 Å². The van der Waals surface area contributed by atoms with E-state index < -0.39 is 5.97 Å². The third kappa shape index (κ3) is 3.57. The Morgan fingerprint density at radius 2 is 1.86 bits per heavy atom. The summed E-state index contributed by atoms with van der Waals surface area (Å²) in [5.41, 5.74) is 2.75. The summed E-state index contributed by atoms with van der Waals surface area (Å²) in [5.74, 6) is -1.53. The fourth-order valence-corrected chi connectivity index (χ4v) is 3.57. The lowest BCUT2D eigenvalue weighted by Crippen LogP contribution is -2.13. The Kier molecular flexibility index (Phi) is 5.63. The molecule has 4 nitrogen and oxygen atoms in total. The molecule has 0 radical (unpaired) electrons. The van der Waals surface area contributed by atoms with E-state index in [9.17, 15) is 19.1 Å². The maximum atomic E-state index is 14.3. The highest BCUT2D eigenvalue weighted by Crippen LogP contribution is 2.31. The molecule has 5 heteroatoms. The molecule has 0 aliphatic heterocycles. The zero-order valence-corrected chi connectivity index (χ0v) is 16.3. The maximum absolute atomic E-state index is 14.3. The Hall–Kier alpha value is -2.95. The summed E-state index contributed by atoms with van der Waals surface area (Å²) in [6.45, 7) is 5.97. The Labute approximate surface area is 163 Å². The first-order valence-corrected chi connectivity index (χ1v) is 9.51. The van der Waals surface area contributed by atoms with Gasteiger partial charge in [0.05, 0.1) is 17.6 Å². The number of aromatic carboxylic acids is 1. The standard InChI is InChI=1S/C23H24FNO3/c1-4-7-19-21(22(26)14(2)3)17-11-10-15(23(27)28)12-20(17)25(19)13-16-8-5-6-9-18(16)24/h5-6,8-12,14H,4,7,13H2,1-3H3,(H,27,28). The molecular weight excluding hydrogens is 357 g/mol. The largest absolute Gasteiger partial charge is 0.478 e. The number of hydrogen-bond donors (Lipinski definition) is 1. The normalized spacial score (nSPS) is 11.3. The Morgan fingerprint density at radius 1 is 1.14 bits per heavy atom. The minimum atomic E-state index is -1.03. The molecule has 146 valence electrons. The number of fused-ring (bicyclic) bond motifs is 1. The number of carboxylic acids is 1. The van der Waals surface area contributed by atoms with Crippen LogP contribution in [0.15, 0.2) is 42.5 Å². The van der Waals surface area contributed by atoms with Crippen molar-refractivity contribution in [3.8, 4) is 0 Å². The molecule has 1 aromatic heterocycles. The second kappa shape index (κ2) is 7.97. The Balaban J connectivity index is 2.33. The average Bonchev–Trinajstić information content (AvgIpc) is 2.95. The fourth-order valence-electron chi connectivity index (χ4n) is 3.57. The predicted octanol–water partition coefficient (Wildman–Crippen LogP) is 5.32. The van der Waals surface area contributed by atoms with Gasteiger partial charge in [-0.15, -0.1) is 0 Å². The first kappa shape index (κ1) is 19.8. The molecule has 0 spiro atoms. The molecule has 0 saturated carbocycles. The smallest absolute Gasteiger partial charge is 0.335 e. The second-order valence-electron chi connectivity index (χ2n) is 7.31. The second-order valence-corrected chi connectivity index (χ2v) is 7.31. The molecule has 0 aliphatic rings. The van der Waals surface area contributed by atoms with E-state index in [2.05, 4.69) is 0 Å². The molecule has 0 saturated heterocycles. The van der Waals surface area contributed by atoms with E-state index in [0.29, 0.717) is 23.1 Å². The average molecular weight is 381 g/mol. The highest BCUT2D eigenvalue weighted by Gasteiger charge is 2.25. The van der Waals surface area contributed by atoms with Gasteiger partial charge in [0.15, 0.2) is 5.78 Å². The lowest BCUT2D eigenvalue weighted by molar-refractivity contribution is 0.0696. The topological polar surface area (TPSA) is 59.3 Å². The lowest BCUT2D eigenvalue weighted by Gasteiger charge is -2.13. The van der Waals surface area contributed by atoms with Crippen LogP contribution in [0, 0.1) is 11.7 Å². The number of Topliss-reactive ketones (excluding diaryl/α,β-unsaturated/α-hetero) is 1. The van der Waals surface area contributed by atoms with Gasteiger partial charge in [-0.1, -0.05) is 51.5 Å². The molecule has 1 N–H and O–H groups in total. The van der Waals surface area contributed by atoms with Gasteiger partial charge < -0.3 is 9.67 Å². The first-order valence-electron chi connectivity index (χ1n) is 9.51. The van der Waals surface area contributed by atoms with Crippen molar-refractivity contribution in [2.24, 2.45) is 5.92 Å². The molecule has 0 bridgehead atoms. The van der Waals surface area contributed by atoms with Gasteiger partial charge in [0, 0.05) is 28.1 Å². The summed E-state index contributed by atoms with van der Waals surface area (Å²) in [6, 6.07) is 11.3. The summed E-state index contributed by atoms with van der Waals surface area (Å²) in [6.07, 6.45) is 1.47. The van der Waals surface area contributed by atoms with Gasteiger partial charge in [-0.2, -0.15) is 0 Å². The number of carbonyl (C=O) groups is 2. The van der Waals surface area contributed by atoms with Crippen LogP contribution in [0.4, 0.5) is 4.39 Å². The van der Waals surface area contributed by atoms with Gasteiger partial charge in [0.1, 0.15) is 5.82 Å². The predicted molar refractivity (Wildman–Crippen MR) is 108 cm³/mol. The van der Waals surface area contributed by atoms with Gasteiger partial charge in [0.25, 0.3) is 0 Å².